The van der Waals surface area contributed by atoms with Crippen molar-refractivity contribution in [3.05, 3.63) is 24.0 Å². The van der Waals surface area contributed by atoms with Crippen LogP contribution in [0.3, 0.4) is 0 Å². The van der Waals surface area contributed by atoms with Crippen LogP contribution in [-0.4, -0.2) is 29.1 Å². The van der Waals surface area contributed by atoms with Crippen LogP contribution in [0.15, 0.2) is 18.5 Å². The summed E-state index contributed by atoms with van der Waals surface area (Å²) in [6, 6.07) is 1.59. The van der Waals surface area contributed by atoms with Gasteiger partial charge in [0.1, 0.15) is 5.60 Å². The minimum atomic E-state index is -0.606. The van der Waals surface area contributed by atoms with Gasteiger partial charge in [-0.25, -0.2) is 4.79 Å². The van der Waals surface area contributed by atoms with E-state index in [9.17, 15) is 9.59 Å². The van der Waals surface area contributed by atoms with Gasteiger partial charge in [0.05, 0.1) is 17.4 Å². The van der Waals surface area contributed by atoms with Crippen molar-refractivity contribution in [3.63, 3.8) is 0 Å². The number of carbonyl (C=O) groups is 2. The Morgan fingerprint density at radius 1 is 1.35 bits per heavy atom. The number of aromatic nitrogens is 1. The number of anilines is 1. The van der Waals surface area contributed by atoms with E-state index in [1.165, 1.54) is 18.8 Å². The number of rotatable bonds is 4. The Labute approximate surface area is 137 Å². The molecule has 1 aromatic heterocycles. The van der Waals surface area contributed by atoms with Crippen LogP contribution in [0.1, 0.15) is 57.3 Å². The summed E-state index contributed by atoms with van der Waals surface area (Å²) in [5, 5.41) is 5.53. The van der Waals surface area contributed by atoms with Gasteiger partial charge in [-0.05, 0) is 45.1 Å². The molecule has 23 heavy (non-hydrogen) atoms. The number of nitrogens with one attached hydrogen (secondary N) is 2. The SMILES string of the molecule is CC1(CNC(=O)c2ccncc2NC(=O)OC(C)(C)C)CCC1. The topological polar surface area (TPSA) is 80.3 Å². The van der Waals surface area contributed by atoms with E-state index >= 15 is 0 Å². The van der Waals surface area contributed by atoms with Crippen LogP contribution >= 0.6 is 0 Å². The Kier molecular flexibility index (Phi) is 4.92. The van der Waals surface area contributed by atoms with Gasteiger partial charge in [0.2, 0.25) is 0 Å². The van der Waals surface area contributed by atoms with Crippen LogP contribution in [0.25, 0.3) is 0 Å². The molecule has 1 aliphatic rings. The number of nitrogens with zero attached hydrogens (tertiary/aromatic N) is 1. The number of carbonyl (C=O) groups excluding carboxylic acids is 2. The van der Waals surface area contributed by atoms with Gasteiger partial charge >= 0.3 is 6.09 Å². The van der Waals surface area contributed by atoms with Crippen molar-refractivity contribution < 1.29 is 14.3 Å². The van der Waals surface area contributed by atoms with Crippen molar-refractivity contribution >= 4 is 17.7 Å². The van der Waals surface area contributed by atoms with E-state index in [0.29, 0.717) is 17.8 Å². The van der Waals surface area contributed by atoms with Crippen molar-refractivity contribution in [1.29, 1.82) is 0 Å². The molecule has 1 aromatic rings. The van der Waals surface area contributed by atoms with E-state index in [2.05, 4.69) is 22.5 Å². The summed E-state index contributed by atoms with van der Waals surface area (Å²) in [4.78, 5) is 28.2. The highest BCUT2D eigenvalue weighted by atomic mass is 16.6. The monoisotopic (exact) mass is 319 g/mol. The van der Waals surface area contributed by atoms with Crippen LogP contribution in [0.4, 0.5) is 10.5 Å². The largest absolute Gasteiger partial charge is 0.444 e. The molecule has 0 bridgehead atoms. The van der Waals surface area contributed by atoms with Crippen molar-refractivity contribution in [1.82, 2.24) is 10.3 Å². The fraction of sp³-hybridized carbons (Fsp3) is 0.588. The standard InChI is InChI=1S/C17H25N3O3/c1-16(2,3)23-15(22)20-13-10-18-9-6-12(13)14(21)19-11-17(4)7-5-8-17/h6,9-10H,5,7-8,11H2,1-4H3,(H,19,21)(H,20,22). The molecule has 6 nitrogen and oxygen atoms in total. The molecule has 0 aliphatic heterocycles. The molecule has 0 radical (unpaired) electrons. The summed E-state index contributed by atoms with van der Waals surface area (Å²) in [7, 11) is 0. The average molecular weight is 319 g/mol. The van der Waals surface area contributed by atoms with Gasteiger partial charge in [-0.1, -0.05) is 13.3 Å². The summed E-state index contributed by atoms with van der Waals surface area (Å²) in [6.45, 7) is 8.15. The van der Waals surface area contributed by atoms with E-state index < -0.39 is 11.7 Å². The predicted octanol–water partition coefficient (Wildman–Crippen LogP) is 3.35. The molecule has 2 N–H and O–H groups in total. The van der Waals surface area contributed by atoms with Crippen LogP contribution in [-0.2, 0) is 4.74 Å². The molecule has 1 heterocycles. The number of ether oxygens (including phenoxy) is 1. The molecule has 6 heteroatoms. The van der Waals surface area contributed by atoms with Crippen molar-refractivity contribution in [2.75, 3.05) is 11.9 Å². The van der Waals surface area contributed by atoms with Crippen molar-refractivity contribution in [2.45, 2.75) is 52.6 Å². The molecule has 1 aliphatic carbocycles. The molecule has 1 fully saturated rings. The highest BCUT2D eigenvalue weighted by Crippen LogP contribution is 2.39. The summed E-state index contributed by atoms with van der Waals surface area (Å²) < 4.78 is 5.21. The van der Waals surface area contributed by atoms with Crippen LogP contribution in [0.5, 0.6) is 0 Å². The predicted molar refractivity (Wildman–Crippen MR) is 88.4 cm³/mol. The smallest absolute Gasteiger partial charge is 0.412 e. The molecule has 126 valence electrons. The van der Waals surface area contributed by atoms with Gasteiger partial charge in [0, 0.05) is 12.7 Å². The fourth-order valence-corrected chi connectivity index (χ4v) is 2.45. The molecular weight excluding hydrogens is 294 g/mol. The van der Waals surface area contributed by atoms with Gasteiger partial charge in [0.25, 0.3) is 5.91 Å². The fourth-order valence-electron chi connectivity index (χ4n) is 2.45. The van der Waals surface area contributed by atoms with Gasteiger partial charge in [-0.2, -0.15) is 0 Å². The Bertz CT molecular complexity index is 589. The minimum absolute atomic E-state index is 0.196. The minimum Gasteiger partial charge on any atom is -0.444 e. The highest BCUT2D eigenvalue weighted by molar-refractivity contribution is 6.02. The molecule has 0 saturated heterocycles. The third kappa shape index (κ3) is 4.94. The van der Waals surface area contributed by atoms with Crippen LogP contribution in [0.2, 0.25) is 0 Å². The first-order valence-corrected chi connectivity index (χ1v) is 7.91. The van der Waals surface area contributed by atoms with E-state index in [4.69, 9.17) is 4.74 Å². The number of hydrogen-bond donors (Lipinski definition) is 2. The first-order chi connectivity index (χ1) is 10.7. The first-order valence-electron chi connectivity index (χ1n) is 7.91. The highest BCUT2D eigenvalue weighted by Gasteiger charge is 2.32. The third-order valence-electron chi connectivity index (χ3n) is 3.94. The molecule has 1 saturated carbocycles. The molecular formula is C17H25N3O3. The maximum atomic E-state index is 12.4. The molecule has 0 aromatic carbocycles. The quantitative estimate of drug-likeness (QED) is 0.892. The van der Waals surface area contributed by atoms with E-state index in [0.717, 1.165) is 12.8 Å². The summed E-state index contributed by atoms with van der Waals surface area (Å²) in [6.07, 6.45) is 5.85. The van der Waals surface area contributed by atoms with Gasteiger partial charge in [0.15, 0.2) is 0 Å². The second-order valence-electron chi connectivity index (χ2n) is 7.40. The molecule has 0 atom stereocenters. The molecule has 0 spiro atoms. The zero-order chi connectivity index (χ0) is 17.1. The van der Waals surface area contributed by atoms with Crippen molar-refractivity contribution in [3.8, 4) is 0 Å². The lowest BCUT2D eigenvalue weighted by Crippen LogP contribution is -2.40. The number of hydrogen-bond acceptors (Lipinski definition) is 4. The third-order valence-corrected chi connectivity index (χ3v) is 3.94. The van der Waals surface area contributed by atoms with Gasteiger partial charge in [-0.3, -0.25) is 15.1 Å². The summed E-state index contributed by atoms with van der Waals surface area (Å²) in [5.41, 5.74) is 0.321. The molecule has 2 rings (SSSR count). The maximum Gasteiger partial charge on any atom is 0.412 e. The average Bonchev–Trinajstić information content (AvgIpc) is 2.41. The van der Waals surface area contributed by atoms with E-state index in [-0.39, 0.29) is 11.3 Å². The van der Waals surface area contributed by atoms with E-state index in [1.807, 2.05) is 0 Å². The molecule has 2 amide bonds. The summed E-state index contributed by atoms with van der Waals surface area (Å²) in [5.74, 6) is -0.216. The Hall–Kier alpha value is -2.11. The lowest BCUT2D eigenvalue weighted by molar-refractivity contribution is 0.0636. The Balaban J connectivity index is 2.01. The maximum absolute atomic E-state index is 12.4. The zero-order valence-corrected chi connectivity index (χ0v) is 14.2. The first kappa shape index (κ1) is 17.2. The van der Waals surface area contributed by atoms with Crippen LogP contribution < -0.4 is 10.6 Å². The molecule has 0 unspecified atom stereocenters. The Morgan fingerprint density at radius 2 is 2.04 bits per heavy atom. The lowest BCUT2D eigenvalue weighted by atomic mass is 9.70. The lowest BCUT2D eigenvalue weighted by Gasteiger charge is -2.38. The van der Waals surface area contributed by atoms with Gasteiger partial charge in [-0.15, -0.1) is 0 Å². The second-order valence-corrected chi connectivity index (χ2v) is 7.40. The normalized spacial score (nSPS) is 16.2. The van der Waals surface area contributed by atoms with Crippen LogP contribution in [0, 0.1) is 5.41 Å². The Morgan fingerprint density at radius 3 is 2.61 bits per heavy atom. The zero-order valence-electron chi connectivity index (χ0n) is 14.2. The second kappa shape index (κ2) is 6.56. The number of amides is 2. The van der Waals surface area contributed by atoms with Gasteiger partial charge < -0.3 is 10.1 Å². The van der Waals surface area contributed by atoms with E-state index in [1.54, 1.807) is 26.8 Å². The van der Waals surface area contributed by atoms with Crippen molar-refractivity contribution in [2.24, 2.45) is 5.41 Å². The number of pyridine rings is 1. The summed E-state index contributed by atoms with van der Waals surface area (Å²) >= 11 is 0.